The Bertz CT molecular complexity index is 1460. The maximum absolute atomic E-state index is 13.5. The summed E-state index contributed by atoms with van der Waals surface area (Å²) in [5, 5.41) is 9.34. The molecule has 2 aliphatic heterocycles. The van der Waals surface area contributed by atoms with Crippen LogP contribution in [-0.4, -0.2) is 65.6 Å². The van der Waals surface area contributed by atoms with E-state index in [9.17, 15) is 9.59 Å². The molecule has 0 aliphatic carbocycles. The van der Waals surface area contributed by atoms with Crippen LogP contribution in [0, 0.1) is 13.8 Å². The van der Waals surface area contributed by atoms with Crippen molar-refractivity contribution >= 4 is 17.5 Å². The molecule has 6 rings (SSSR count). The van der Waals surface area contributed by atoms with Gasteiger partial charge in [0.15, 0.2) is 17.0 Å². The Hall–Kier alpha value is -4.01. The summed E-state index contributed by atoms with van der Waals surface area (Å²) in [6.07, 6.45) is 2.67. The van der Waals surface area contributed by atoms with Crippen molar-refractivity contribution in [1.82, 2.24) is 34.2 Å². The molecule has 4 aromatic rings. The second kappa shape index (κ2) is 8.89. The van der Waals surface area contributed by atoms with E-state index in [0.717, 1.165) is 54.1 Å². The Morgan fingerprint density at radius 1 is 0.917 bits per heavy atom. The lowest BCUT2D eigenvalue weighted by Crippen LogP contribution is -2.37. The summed E-state index contributed by atoms with van der Waals surface area (Å²) in [6, 6.07) is 13.8. The maximum Gasteiger partial charge on any atom is 0.274 e. The van der Waals surface area contributed by atoms with E-state index in [1.165, 1.54) is 0 Å². The van der Waals surface area contributed by atoms with Crippen molar-refractivity contribution in [2.45, 2.75) is 46.2 Å². The van der Waals surface area contributed by atoms with E-state index in [4.69, 9.17) is 5.10 Å². The van der Waals surface area contributed by atoms with E-state index in [-0.39, 0.29) is 11.8 Å². The second-order valence-electron chi connectivity index (χ2n) is 9.73. The zero-order chi connectivity index (χ0) is 24.8. The van der Waals surface area contributed by atoms with Gasteiger partial charge in [-0.3, -0.25) is 14.3 Å². The quantitative estimate of drug-likeness (QED) is 0.445. The van der Waals surface area contributed by atoms with Crippen LogP contribution in [0.2, 0.25) is 0 Å². The minimum Gasteiger partial charge on any atom is -0.337 e. The van der Waals surface area contributed by atoms with Gasteiger partial charge in [0.05, 0.1) is 13.1 Å². The standard InChI is InChI=1S/C27H29N7O2/c1-18-14-19(2)34-24(28-18)15-22(29-34)26(35)32-13-10-23-21(17-32)25(27(36)31-11-6-7-12-31)30-33(23)16-20-8-4-3-5-9-20/h3-5,8-9,14-15H,6-7,10-13,16-17H2,1-2H3. The van der Waals surface area contributed by atoms with Crippen molar-refractivity contribution in [3.05, 3.63) is 82.1 Å². The van der Waals surface area contributed by atoms with Gasteiger partial charge in [-0.1, -0.05) is 30.3 Å². The SMILES string of the molecule is Cc1cc(C)n2nc(C(=O)N3CCc4c(c(C(=O)N5CCCC5)nn4Cc4ccccc4)C3)cc2n1. The molecule has 0 N–H and O–H groups in total. The average Bonchev–Trinajstić information content (AvgIpc) is 3.63. The van der Waals surface area contributed by atoms with E-state index < -0.39 is 0 Å². The summed E-state index contributed by atoms with van der Waals surface area (Å²) in [5.41, 5.74) is 6.34. The number of aromatic nitrogens is 5. The van der Waals surface area contributed by atoms with E-state index in [0.29, 0.717) is 43.1 Å². The summed E-state index contributed by atoms with van der Waals surface area (Å²) >= 11 is 0. The lowest BCUT2D eigenvalue weighted by atomic mass is 10.0. The monoisotopic (exact) mass is 483 g/mol. The number of benzene rings is 1. The van der Waals surface area contributed by atoms with Crippen LogP contribution in [0.15, 0.2) is 42.5 Å². The van der Waals surface area contributed by atoms with Gasteiger partial charge in [-0.05, 0) is 38.3 Å². The smallest absolute Gasteiger partial charge is 0.274 e. The number of carbonyl (C=O) groups excluding carboxylic acids is 2. The molecule has 36 heavy (non-hydrogen) atoms. The topological polar surface area (TPSA) is 88.6 Å². The molecule has 2 amide bonds. The highest BCUT2D eigenvalue weighted by atomic mass is 16.2. The average molecular weight is 484 g/mol. The molecule has 0 saturated carbocycles. The first-order valence-corrected chi connectivity index (χ1v) is 12.5. The number of carbonyl (C=O) groups is 2. The van der Waals surface area contributed by atoms with E-state index in [1.807, 2.05) is 47.7 Å². The molecule has 1 fully saturated rings. The maximum atomic E-state index is 13.5. The normalized spacial score (nSPS) is 15.5. The van der Waals surface area contributed by atoms with Crippen LogP contribution in [0.4, 0.5) is 0 Å². The molecule has 9 heteroatoms. The fourth-order valence-electron chi connectivity index (χ4n) is 5.35. The summed E-state index contributed by atoms with van der Waals surface area (Å²) < 4.78 is 3.66. The Kier molecular flexibility index (Phi) is 5.55. The van der Waals surface area contributed by atoms with Crippen LogP contribution < -0.4 is 0 Å². The number of fused-ring (bicyclic) bond motifs is 2. The van der Waals surface area contributed by atoms with Gasteiger partial charge in [-0.2, -0.15) is 10.2 Å². The molecule has 0 unspecified atom stereocenters. The van der Waals surface area contributed by atoms with Crippen molar-refractivity contribution in [3.63, 3.8) is 0 Å². The number of aryl methyl sites for hydroxylation is 2. The van der Waals surface area contributed by atoms with Crippen molar-refractivity contribution < 1.29 is 9.59 Å². The molecular formula is C27H29N7O2. The Balaban J connectivity index is 1.33. The third-order valence-corrected chi connectivity index (χ3v) is 7.14. The van der Waals surface area contributed by atoms with Crippen molar-refractivity contribution in [1.29, 1.82) is 0 Å². The lowest BCUT2D eigenvalue weighted by molar-refractivity contribution is 0.0717. The first-order chi connectivity index (χ1) is 17.5. The van der Waals surface area contributed by atoms with Crippen LogP contribution in [0.1, 0.15) is 62.0 Å². The van der Waals surface area contributed by atoms with E-state index in [2.05, 4.69) is 22.2 Å². The molecule has 0 spiro atoms. The summed E-state index contributed by atoms with van der Waals surface area (Å²) in [5.74, 6) is -0.188. The first kappa shape index (κ1) is 22.5. The molecule has 9 nitrogen and oxygen atoms in total. The molecule has 0 radical (unpaired) electrons. The number of hydrogen-bond acceptors (Lipinski definition) is 5. The predicted molar refractivity (Wildman–Crippen MR) is 134 cm³/mol. The molecule has 1 saturated heterocycles. The zero-order valence-electron chi connectivity index (χ0n) is 20.6. The van der Waals surface area contributed by atoms with Crippen LogP contribution in [0.3, 0.4) is 0 Å². The van der Waals surface area contributed by atoms with Crippen LogP contribution in [0.25, 0.3) is 5.65 Å². The Labute approximate surface area is 209 Å². The molecule has 2 aliphatic rings. The highest BCUT2D eigenvalue weighted by molar-refractivity contribution is 5.96. The molecule has 1 aromatic carbocycles. The molecule has 5 heterocycles. The number of amides is 2. The summed E-state index contributed by atoms with van der Waals surface area (Å²) in [6.45, 7) is 6.89. The Morgan fingerprint density at radius 3 is 2.47 bits per heavy atom. The number of likely N-dealkylation sites (tertiary alicyclic amines) is 1. The fraction of sp³-hybridized carbons (Fsp3) is 0.370. The molecule has 0 atom stereocenters. The van der Waals surface area contributed by atoms with Gasteiger partial charge in [-0.25, -0.2) is 9.50 Å². The van der Waals surface area contributed by atoms with Crippen LogP contribution in [0.5, 0.6) is 0 Å². The minimum absolute atomic E-state index is 0.0344. The van der Waals surface area contributed by atoms with Crippen LogP contribution in [-0.2, 0) is 19.5 Å². The minimum atomic E-state index is -0.154. The van der Waals surface area contributed by atoms with Gasteiger partial charge in [-0.15, -0.1) is 0 Å². The van der Waals surface area contributed by atoms with Gasteiger partial charge in [0, 0.05) is 54.8 Å². The number of nitrogens with zero attached hydrogens (tertiary/aromatic N) is 7. The zero-order valence-corrected chi connectivity index (χ0v) is 20.6. The van der Waals surface area contributed by atoms with E-state index in [1.54, 1.807) is 15.5 Å². The van der Waals surface area contributed by atoms with Crippen molar-refractivity contribution in [2.24, 2.45) is 0 Å². The third kappa shape index (κ3) is 3.94. The van der Waals surface area contributed by atoms with Gasteiger partial charge in [0.25, 0.3) is 11.8 Å². The van der Waals surface area contributed by atoms with E-state index >= 15 is 0 Å². The van der Waals surface area contributed by atoms with Gasteiger partial charge in [0.2, 0.25) is 0 Å². The highest BCUT2D eigenvalue weighted by Gasteiger charge is 2.33. The first-order valence-electron chi connectivity index (χ1n) is 12.5. The van der Waals surface area contributed by atoms with Gasteiger partial charge >= 0.3 is 0 Å². The summed E-state index contributed by atoms with van der Waals surface area (Å²) in [7, 11) is 0. The second-order valence-corrected chi connectivity index (χ2v) is 9.73. The molecule has 3 aromatic heterocycles. The molecule has 184 valence electrons. The number of rotatable bonds is 4. The van der Waals surface area contributed by atoms with Crippen molar-refractivity contribution in [3.8, 4) is 0 Å². The predicted octanol–water partition coefficient (Wildman–Crippen LogP) is 3.03. The largest absolute Gasteiger partial charge is 0.337 e. The lowest BCUT2D eigenvalue weighted by Gasteiger charge is -2.27. The fourth-order valence-corrected chi connectivity index (χ4v) is 5.35. The van der Waals surface area contributed by atoms with Gasteiger partial charge < -0.3 is 9.80 Å². The molecular weight excluding hydrogens is 454 g/mol. The third-order valence-electron chi connectivity index (χ3n) is 7.14. The highest BCUT2D eigenvalue weighted by Crippen LogP contribution is 2.27. The van der Waals surface area contributed by atoms with Gasteiger partial charge in [0.1, 0.15) is 0 Å². The molecule has 0 bridgehead atoms. The van der Waals surface area contributed by atoms with Crippen LogP contribution >= 0.6 is 0 Å². The summed E-state index contributed by atoms with van der Waals surface area (Å²) in [4.78, 5) is 35.1. The Morgan fingerprint density at radius 2 is 1.69 bits per heavy atom. The van der Waals surface area contributed by atoms with Crippen molar-refractivity contribution in [2.75, 3.05) is 19.6 Å². The number of hydrogen-bond donors (Lipinski definition) is 0.